The van der Waals surface area contributed by atoms with E-state index in [0.717, 1.165) is 57.5 Å². The van der Waals surface area contributed by atoms with Gasteiger partial charge in [-0.05, 0) is 38.5 Å². The van der Waals surface area contributed by atoms with Crippen LogP contribution in [0.15, 0.2) is 4.99 Å². The number of hydrogen-bond donors (Lipinski definition) is 1. The number of ether oxygens (including phenoxy) is 2. The fourth-order valence-corrected chi connectivity index (χ4v) is 2.39. The van der Waals surface area contributed by atoms with Crippen molar-refractivity contribution in [1.29, 1.82) is 0 Å². The second-order valence-corrected chi connectivity index (χ2v) is 5.72. The van der Waals surface area contributed by atoms with E-state index >= 15 is 0 Å². The number of piperidine rings is 1. The molecule has 0 aliphatic carbocycles. The highest BCUT2D eigenvalue weighted by Gasteiger charge is 2.18. The van der Waals surface area contributed by atoms with Gasteiger partial charge in [0.1, 0.15) is 0 Å². The minimum atomic E-state index is 0.677. The average Bonchev–Trinajstić information content (AvgIpc) is 2.50. The van der Waals surface area contributed by atoms with Crippen LogP contribution in [0.3, 0.4) is 0 Å². The third kappa shape index (κ3) is 8.27. The van der Waals surface area contributed by atoms with E-state index in [4.69, 9.17) is 14.5 Å². The van der Waals surface area contributed by atoms with Crippen LogP contribution < -0.4 is 5.32 Å². The van der Waals surface area contributed by atoms with Gasteiger partial charge in [-0.2, -0.15) is 0 Å². The Kier molecular flexibility index (Phi) is 10.3. The summed E-state index contributed by atoms with van der Waals surface area (Å²) >= 11 is 0. The van der Waals surface area contributed by atoms with Crippen LogP contribution >= 0.6 is 0 Å². The van der Waals surface area contributed by atoms with Crippen molar-refractivity contribution in [3.8, 4) is 0 Å². The monoisotopic (exact) mass is 299 g/mol. The molecule has 21 heavy (non-hydrogen) atoms. The van der Waals surface area contributed by atoms with E-state index < -0.39 is 0 Å². The highest BCUT2D eigenvalue weighted by atomic mass is 16.5. The van der Waals surface area contributed by atoms with Crippen LogP contribution in [0.1, 0.15) is 39.5 Å². The summed E-state index contributed by atoms with van der Waals surface area (Å²) in [5.74, 6) is 1.94. The summed E-state index contributed by atoms with van der Waals surface area (Å²) in [7, 11) is 1.70. The fourth-order valence-electron chi connectivity index (χ4n) is 2.39. The summed E-state index contributed by atoms with van der Waals surface area (Å²) < 4.78 is 10.4. The van der Waals surface area contributed by atoms with E-state index in [1.807, 2.05) is 0 Å². The molecule has 0 aromatic heterocycles. The molecule has 1 aliphatic rings. The van der Waals surface area contributed by atoms with E-state index in [-0.39, 0.29) is 0 Å². The predicted molar refractivity (Wildman–Crippen MR) is 87.9 cm³/mol. The van der Waals surface area contributed by atoms with E-state index in [1.54, 1.807) is 7.11 Å². The largest absolute Gasteiger partial charge is 0.382 e. The molecule has 1 aliphatic heterocycles. The molecule has 5 heteroatoms. The molecule has 1 heterocycles. The Morgan fingerprint density at radius 1 is 1.19 bits per heavy atom. The Morgan fingerprint density at radius 3 is 2.62 bits per heavy atom. The minimum Gasteiger partial charge on any atom is -0.382 e. The van der Waals surface area contributed by atoms with Gasteiger partial charge in [0.05, 0.1) is 13.2 Å². The number of aliphatic imine (C=N–C) groups is 1. The molecule has 1 saturated heterocycles. The van der Waals surface area contributed by atoms with Crippen LogP contribution in [0.2, 0.25) is 0 Å². The Balaban J connectivity index is 2.19. The second-order valence-electron chi connectivity index (χ2n) is 5.72. The maximum Gasteiger partial charge on any atom is 0.193 e. The van der Waals surface area contributed by atoms with Crippen molar-refractivity contribution in [3.63, 3.8) is 0 Å². The van der Waals surface area contributed by atoms with Crippen LogP contribution in [0.5, 0.6) is 0 Å². The van der Waals surface area contributed by atoms with E-state index in [9.17, 15) is 0 Å². The Bertz CT molecular complexity index is 277. The average molecular weight is 299 g/mol. The van der Waals surface area contributed by atoms with Crippen molar-refractivity contribution < 1.29 is 9.47 Å². The number of hydrogen-bond acceptors (Lipinski definition) is 3. The van der Waals surface area contributed by atoms with Gasteiger partial charge in [-0.15, -0.1) is 0 Å². The van der Waals surface area contributed by atoms with Gasteiger partial charge in [-0.3, -0.25) is 4.99 Å². The zero-order valence-corrected chi connectivity index (χ0v) is 14.1. The van der Waals surface area contributed by atoms with Gasteiger partial charge >= 0.3 is 0 Å². The summed E-state index contributed by atoms with van der Waals surface area (Å²) in [6, 6.07) is 0. The highest BCUT2D eigenvalue weighted by molar-refractivity contribution is 5.80. The van der Waals surface area contributed by atoms with Gasteiger partial charge in [0.2, 0.25) is 0 Å². The number of unbranched alkanes of at least 4 members (excludes halogenated alkanes) is 1. The lowest BCUT2D eigenvalue weighted by molar-refractivity contribution is 0.0690. The summed E-state index contributed by atoms with van der Waals surface area (Å²) in [5, 5.41) is 3.41. The molecule has 1 rings (SSSR count). The summed E-state index contributed by atoms with van der Waals surface area (Å²) in [4.78, 5) is 7.15. The van der Waals surface area contributed by atoms with Gasteiger partial charge < -0.3 is 19.7 Å². The zero-order valence-electron chi connectivity index (χ0n) is 14.1. The summed E-state index contributed by atoms with van der Waals surface area (Å²) in [6.07, 6.45) is 4.69. The highest BCUT2D eigenvalue weighted by Crippen LogP contribution is 2.15. The first-order valence-electron chi connectivity index (χ1n) is 8.37. The summed E-state index contributed by atoms with van der Waals surface area (Å²) in [6.45, 7) is 10.7. The van der Waals surface area contributed by atoms with Gasteiger partial charge in [0.15, 0.2) is 5.96 Å². The van der Waals surface area contributed by atoms with Crippen molar-refractivity contribution in [2.24, 2.45) is 10.9 Å². The topological polar surface area (TPSA) is 46.1 Å². The van der Waals surface area contributed by atoms with Gasteiger partial charge in [-0.25, -0.2) is 0 Å². The van der Waals surface area contributed by atoms with Gasteiger partial charge in [0, 0.05) is 39.9 Å². The number of nitrogens with one attached hydrogen (secondary N) is 1. The minimum absolute atomic E-state index is 0.677. The zero-order chi connectivity index (χ0) is 15.3. The van der Waals surface area contributed by atoms with Crippen LogP contribution in [-0.4, -0.2) is 64.0 Å². The molecule has 0 aromatic rings. The fraction of sp³-hybridized carbons (Fsp3) is 0.938. The molecular weight excluding hydrogens is 266 g/mol. The van der Waals surface area contributed by atoms with Crippen molar-refractivity contribution in [2.45, 2.75) is 39.5 Å². The molecule has 1 fully saturated rings. The van der Waals surface area contributed by atoms with Crippen molar-refractivity contribution in [2.75, 3.05) is 53.1 Å². The molecule has 0 bridgehead atoms. The lowest BCUT2D eigenvalue weighted by Crippen LogP contribution is -2.45. The van der Waals surface area contributed by atoms with Crippen molar-refractivity contribution in [1.82, 2.24) is 10.2 Å². The second kappa shape index (κ2) is 11.8. The van der Waals surface area contributed by atoms with Crippen molar-refractivity contribution >= 4 is 5.96 Å². The molecule has 0 atom stereocenters. The van der Waals surface area contributed by atoms with Gasteiger partial charge in [-0.1, -0.05) is 6.92 Å². The molecular formula is C16H33N3O2. The molecule has 0 amide bonds. The standard InChI is InChI=1S/C16H33N3O2/c1-4-17-16(19-10-7-15(2)8-11-19)18-9-5-6-12-21-14-13-20-3/h15H,4-14H2,1-3H3,(H,17,18). The number of nitrogens with zero attached hydrogens (tertiary/aromatic N) is 2. The molecule has 1 N–H and O–H groups in total. The van der Waals surface area contributed by atoms with Crippen LogP contribution in [0.25, 0.3) is 0 Å². The maximum absolute atomic E-state index is 5.46. The van der Waals surface area contributed by atoms with E-state index in [1.165, 1.54) is 12.8 Å². The lowest BCUT2D eigenvalue weighted by Gasteiger charge is -2.33. The number of guanidine groups is 1. The Labute approximate surface area is 130 Å². The van der Waals surface area contributed by atoms with Crippen LogP contribution in [0.4, 0.5) is 0 Å². The maximum atomic E-state index is 5.46. The molecule has 0 spiro atoms. The Hall–Kier alpha value is -0.810. The SMILES string of the molecule is CCNC(=NCCCCOCCOC)N1CCC(C)CC1. The van der Waals surface area contributed by atoms with Crippen LogP contribution in [-0.2, 0) is 9.47 Å². The number of rotatable bonds is 9. The first-order valence-corrected chi connectivity index (χ1v) is 8.37. The molecule has 5 nitrogen and oxygen atoms in total. The van der Waals surface area contributed by atoms with Crippen molar-refractivity contribution in [3.05, 3.63) is 0 Å². The molecule has 0 aromatic carbocycles. The molecule has 0 radical (unpaired) electrons. The molecule has 0 saturated carbocycles. The smallest absolute Gasteiger partial charge is 0.193 e. The predicted octanol–water partition coefficient (Wildman–Crippen LogP) is 2.13. The summed E-state index contributed by atoms with van der Waals surface area (Å²) in [5.41, 5.74) is 0. The number of methoxy groups -OCH3 is 1. The quantitative estimate of drug-likeness (QED) is 0.402. The van der Waals surface area contributed by atoms with Gasteiger partial charge in [0.25, 0.3) is 0 Å². The van der Waals surface area contributed by atoms with E-state index in [0.29, 0.717) is 13.2 Å². The molecule has 0 unspecified atom stereocenters. The first-order chi connectivity index (χ1) is 10.3. The van der Waals surface area contributed by atoms with Crippen LogP contribution in [0, 0.1) is 5.92 Å². The Morgan fingerprint density at radius 2 is 1.95 bits per heavy atom. The molecule has 124 valence electrons. The normalized spacial score (nSPS) is 17.3. The first kappa shape index (κ1) is 18.2. The lowest BCUT2D eigenvalue weighted by atomic mass is 10.00. The van der Waals surface area contributed by atoms with E-state index in [2.05, 4.69) is 24.1 Å². The number of likely N-dealkylation sites (tertiary alicyclic amines) is 1. The third-order valence-corrected chi connectivity index (χ3v) is 3.81. The third-order valence-electron chi connectivity index (χ3n) is 3.81.